The molecule has 1 aliphatic rings. The van der Waals surface area contributed by atoms with Gasteiger partial charge in [0.15, 0.2) is 0 Å². The first-order valence-corrected chi connectivity index (χ1v) is 6.12. The summed E-state index contributed by atoms with van der Waals surface area (Å²) in [6, 6.07) is 0. The van der Waals surface area contributed by atoms with Crippen molar-refractivity contribution in [3.05, 3.63) is 18.2 Å². The molecule has 1 aromatic rings. The molecule has 18 heavy (non-hydrogen) atoms. The van der Waals surface area contributed by atoms with E-state index in [2.05, 4.69) is 14.9 Å². The van der Waals surface area contributed by atoms with Gasteiger partial charge in [0, 0.05) is 45.6 Å². The number of rotatable bonds is 5. The van der Waals surface area contributed by atoms with Crippen LogP contribution in [0.1, 0.15) is 12.2 Å². The van der Waals surface area contributed by atoms with Gasteiger partial charge in [-0.2, -0.15) is 0 Å². The second-order valence-electron chi connectivity index (χ2n) is 4.64. The van der Waals surface area contributed by atoms with Crippen LogP contribution in [-0.4, -0.2) is 47.0 Å². The van der Waals surface area contributed by atoms with Crippen molar-refractivity contribution >= 4 is 18.3 Å². The third kappa shape index (κ3) is 3.46. The molecule has 1 aromatic heterocycles. The molecule has 0 radical (unpaired) electrons. The largest absolute Gasteiger partial charge is 0.345 e. The Bertz CT molecular complexity index is 389. The van der Waals surface area contributed by atoms with E-state index in [1.165, 1.54) is 0 Å². The SMILES string of the molecule is Cc1nccn1CCCN(C)C(=O)C1CNC1.Cl. The van der Waals surface area contributed by atoms with E-state index in [0.29, 0.717) is 0 Å². The molecular weight excluding hydrogens is 252 g/mol. The predicted molar refractivity (Wildman–Crippen MR) is 72.8 cm³/mol. The fourth-order valence-electron chi connectivity index (χ4n) is 2.00. The fourth-order valence-corrected chi connectivity index (χ4v) is 2.00. The summed E-state index contributed by atoms with van der Waals surface area (Å²) >= 11 is 0. The van der Waals surface area contributed by atoms with E-state index in [1.807, 2.05) is 31.3 Å². The van der Waals surface area contributed by atoms with Gasteiger partial charge in [-0.05, 0) is 13.3 Å². The maximum Gasteiger partial charge on any atom is 0.227 e. The second-order valence-corrected chi connectivity index (χ2v) is 4.64. The molecule has 0 saturated carbocycles. The van der Waals surface area contributed by atoms with Gasteiger partial charge in [0.05, 0.1) is 5.92 Å². The first-order valence-electron chi connectivity index (χ1n) is 6.12. The second kappa shape index (κ2) is 6.75. The predicted octanol–water partition coefficient (Wildman–Crippen LogP) is 0.681. The molecule has 1 N–H and O–H groups in total. The molecular formula is C12H21ClN4O. The lowest BCUT2D eigenvalue weighted by Crippen LogP contribution is -2.51. The molecule has 2 heterocycles. The quantitative estimate of drug-likeness (QED) is 0.858. The fraction of sp³-hybridized carbons (Fsp3) is 0.667. The molecule has 1 fully saturated rings. The summed E-state index contributed by atoms with van der Waals surface area (Å²) in [7, 11) is 1.89. The highest BCUT2D eigenvalue weighted by Gasteiger charge is 2.27. The van der Waals surface area contributed by atoms with Gasteiger partial charge in [0.25, 0.3) is 0 Å². The molecule has 0 aliphatic carbocycles. The normalized spacial score (nSPS) is 14.8. The number of imidazole rings is 1. The third-order valence-corrected chi connectivity index (χ3v) is 3.32. The summed E-state index contributed by atoms with van der Waals surface area (Å²) in [5.74, 6) is 1.50. The van der Waals surface area contributed by atoms with Crippen molar-refractivity contribution in [1.82, 2.24) is 19.8 Å². The number of halogens is 1. The van der Waals surface area contributed by atoms with Crippen LogP contribution in [0, 0.1) is 12.8 Å². The van der Waals surface area contributed by atoms with Crippen molar-refractivity contribution < 1.29 is 4.79 Å². The zero-order chi connectivity index (χ0) is 12.3. The summed E-state index contributed by atoms with van der Waals surface area (Å²) in [5.41, 5.74) is 0. The Labute approximate surface area is 114 Å². The Kier molecular flexibility index (Phi) is 5.62. The number of aromatic nitrogens is 2. The average molecular weight is 273 g/mol. The van der Waals surface area contributed by atoms with Gasteiger partial charge in [0.1, 0.15) is 5.82 Å². The lowest BCUT2D eigenvalue weighted by atomic mass is 10.0. The number of hydrogen-bond donors (Lipinski definition) is 1. The topological polar surface area (TPSA) is 50.2 Å². The van der Waals surface area contributed by atoms with E-state index in [1.54, 1.807) is 0 Å². The van der Waals surface area contributed by atoms with Crippen LogP contribution < -0.4 is 5.32 Å². The third-order valence-electron chi connectivity index (χ3n) is 3.32. The molecule has 6 heteroatoms. The maximum atomic E-state index is 11.9. The smallest absolute Gasteiger partial charge is 0.227 e. The van der Waals surface area contributed by atoms with Crippen molar-refractivity contribution in [2.24, 2.45) is 5.92 Å². The molecule has 2 rings (SSSR count). The van der Waals surface area contributed by atoms with E-state index in [0.717, 1.165) is 38.4 Å². The lowest BCUT2D eigenvalue weighted by Gasteiger charge is -2.30. The zero-order valence-electron chi connectivity index (χ0n) is 10.9. The van der Waals surface area contributed by atoms with Crippen LogP contribution in [0.4, 0.5) is 0 Å². The van der Waals surface area contributed by atoms with Gasteiger partial charge in [-0.25, -0.2) is 4.98 Å². The van der Waals surface area contributed by atoms with Gasteiger partial charge in [0.2, 0.25) is 5.91 Å². The summed E-state index contributed by atoms with van der Waals surface area (Å²) in [6.45, 7) is 5.40. The molecule has 0 unspecified atom stereocenters. The van der Waals surface area contributed by atoms with E-state index in [4.69, 9.17) is 0 Å². The Morgan fingerprint density at radius 1 is 1.61 bits per heavy atom. The summed E-state index contributed by atoms with van der Waals surface area (Å²) in [5, 5.41) is 3.12. The number of nitrogens with zero attached hydrogens (tertiary/aromatic N) is 3. The number of carbonyl (C=O) groups is 1. The Balaban J connectivity index is 0.00000162. The van der Waals surface area contributed by atoms with Crippen molar-refractivity contribution in [2.45, 2.75) is 19.9 Å². The number of carbonyl (C=O) groups excluding carboxylic acids is 1. The number of amides is 1. The summed E-state index contributed by atoms with van der Waals surface area (Å²) < 4.78 is 2.11. The van der Waals surface area contributed by atoms with Crippen LogP contribution in [0.2, 0.25) is 0 Å². The summed E-state index contributed by atoms with van der Waals surface area (Å²) in [4.78, 5) is 17.9. The minimum Gasteiger partial charge on any atom is -0.345 e. The van der Waals surface area contributed by atoms with E-state index >= 15 is 0 Å². The van der Waals surface area contributed by atoms with Gasteiger partial charge in [-0.3, -0.25) is 4.79 Å². The van der Waals surface area contributed by atoms with Crippen LogP contribution in [0.5, 0.6) is 0 Å². The maximum absolute atomic E-state index is 11.9. The molecule has 5 nitrogen and oxygen atoms in total. The van der Waals surface area contributed by atoms with Crippen LogP contribution in [0.25, 0.3) is 0 Å². The molecule has 102 valence electrons. The lowest BCUT2D eigenvalue weighted by molar-refractivity contribution is -0.135. The Hall–Kier alpha value is -1.07. The molecule has 0 spiro atoms. The molecule has 1 saturated heterocycles. The van der Waals surface area contributed by atoms with Crippen molar-refractivity contribution in [1.29, 1.82) is 0 Å². The zero-order valence-corrected chi connectivity index (χ0v) is 11.7. The van der Waals surface area contributed by atoms with Crippen LogP contribution in [-0.2, 0) is 11.3 Å². The van der Waals surface area contributed by atoms with Crippen LogP contribution in [0.15, 0.2) is 12.4 Å². The standard InChI is InChI=1S/C12H20N4O.ClH/c1-10-14-4-7-16(10)6-3-5-15(2)12(17)11-8-13-9-11;/h4,7,11,13H,3,5-6,8-9H2,1-2H3;1H. The van der Waals surface area contributed by atoms with Gasteiger partial charge < -0.3 is 14.8 Å². The van der Waals surface area contributed by atoms with Gasteiger partial charge in [-0.15, -0.1) is 12.4 Å². The van der Waals surface area contributed by atoms with E-state index in [-0.39, 0.29) is 24.2 Å². The molecule has 0 bridgehead atoms. The minimum absolute atomic E-state index is 0. The molecule has 1 aliphatic heterocycles. The average Bonchev–Trinajstić information content (AvgIpc) is 2.61. The highest BCUT2D eigenvalue weighted by molar-refractivity contribution is 5.85. The Morgan fingerprint density at radius 3 is 2.83 bits per heavy atom. The van der Waals surface area contributed by atoms with Crippen LogP contribution in [0.3, 0.4) is 0 Å². The summed E-state index contributed by atoms with van der Waals surface area (Å²) in [6.07, 6.45) is 4.76. The molecule has 1 amide bonds. The van der Waals surface area contributed by atoms with Crippen molar-refractivity contribution in [3.63, 3.8) is 0 Å². The Morgan fingerprint density at radius 2 is 2.33 bits per heavy atom. The highest BCUT2D eigenvalue weighted by atomic mass is 35.5. The molecule has 0 atom stereocenters. The molecule has 0 aromatic carbocycles. The van der Waals surface area contributed by atoms with Gasteiger partial charge in [-0.1, -0.05) is 0 Å². The van der Waals surface area contributed by atoms with Crippen molar-refractivity contribution in [3.8, 4) is 0 Å². The highest BCUT2D eigenvalue weighted by Crippen LogP contribution is 2.07. The first kappa shape index (κ1) is 15.0. The van der Waals surface area contributed by atoms with Crippen molar-refractivity contribution in [2.75, 3.05) is 26.7 Å². The number of hydrogen-bond acceptors (Lipinski definition) is 3. The minimum atomic E-state index is 0. The number of nitrogens with one attached hydrogen (secondary N) is 1. The van der Waals surface area contributed by atoms with Crippen LogP contribution >= 0.6 is 12.4 Å². The van der Waals surface area contributed by atoms with E-state index < -0.39 is 0 Å². The van der Waals surface area contributed by atoms with Gasteiger partial charge >= 0.3 is 0 Å². The van der Waals surface area contributed by atoms with E-state index in [9.17, 15) is 4.79 Å². The monoisotopic (exact) mass is 272 g/mol. The number of aryl methyl sites for hydroxylation is 2. The first-order chi connectivity index (χ1) is 8.18.